The average Bonchev–Trinajstić information content (AvgIpc) is 2.46. The molecule has 3 atom stereocenters. The van der Waals surface area contributed by atoms with Crippen molar-refractivity contribution in [2.75, 3.05) is 33.4 Å². The molecule has 0 aliphatic carbocycles. The van der Waals surface area contributed by atoms with E-state index in [1.807, 2.05) is 4.90 Å². The molecule has 2 bridgehead atoms. The Balaban J connectivity index is 1.66. The largest absolute Gasteiger partial charge is 0.384 e. The van der Waals surface area contributed by atoms with E-state index in [2.05, 4.69) is 4.90 Å². The van der Waals surface area contributed by atoms with Gasteiger partial charge < -0.3 is 14.5 Å². The second-order valence-corrected chi connectivity index (χ2v) is 6.41. The molecule has 20 heavy (non-hydrogen) atoms. The number of nitrogens with zero attached hydrogens (tertiary/aromatic N) is 2. The van der Waals surface area contributed by atoms with Crippen LogP contribution in [0.3, 0.4) is 0 Å². The maximum Gasteiger partial charge on any atom is 0.224 e. The van der Waals surface area contributed by atoms with Gasteiger partial charge in [-0.15, -0.1) is 0 Å². The molecule has 5 heteroatoms. The molecule has 0 radical (unpaired) electrons. The van der Waals surface area contributed by atoms with Gasteiger partial charge in [0.15, 0.2) is 0 Å². The van der Waals surface area contributed by atoms with Crippen LogP contribution in [0.1, 0.15) is 32.1 Å². The van der Waals surface area contributed by atoms with Crippen molar-refractivity contribution in [3.8, 4) is 0 Å². The number of methoxy groups -OCH3 is 1. The number of hydrogen-bond acceptors (Lipinski definition) is 3. The van der Waals surface area contributed by atoms with Gasteiger partial charge in [0, 0.05) is 39.2 Å². The van der Waals surface area contributed by atoms with Crippen LogP contribution in [0.4, 0.5) is 0 Å². The highest BCUT2D eigenvalue weighted by Crippen LogP contribution is 2.37. The Labute approximate surface area is 120 Å². The fraction of sp³-hybridized carbons (Fsp3) is 0.867. The molecule has 5 nitrogen and oxygen atoms in total. The van der Waals surface area contributed by atoms with Crippen molar-refractivity contribution in [3.63, 3.8) is 0 Å². The van der Waals surface area contributed by atoms with Gasteiger partial charge in [-0.2, -0.15) is 0 Å². The van der Waals surface area contributed by atoms with E-state index in [0.717, 1.165) is 32.5 Å². The third-order valence-electron chi connectivity index (χ3n) is 5.05. The second-order valence-electron chi connectivity index (χ2n) is 6.41. The highest BCUT2D eigenvalue weighted by atomic mass is 16.5. The zero-order chi connectivity index (χ0) is 14.1. The van der Waals surface area contributed by atoms with Gasteiger partial charge in [0.05, 0.1) is 13.0 Å². The fourth-order valence-electron chi connectivity index (χ4n) is 4.16. The minimum absolute atomic E-state index is 0.206. The maximum absolute atomic E-state index is 12.2. The van der Waals surface area contributed by atoms with Gasteiger partial charge >= 0.3 is 0 Å². The molecule has 0 aromatic carbocycles. The number of amides is 2. The van der Waals surface area contributed by atoms with E-state index < -0.39 is 0 Å². The summed E-state index contributed by atoms with van der Waals surface area (Å²) < 4.78 is 5.00. The summed E-state index contributed by atoms with van der Waals surface area (Å²) in [5.41, 5.74) is 0. The van der Waals surface area contributed by atoms with Crippen LogP contribution in [0.25, 0.3) is 0 Å². The van der Waals surface area contributed by atoms with Gasteiger partial charge in [0.25, 0.3) is 0 Å². The van der Waals surface area contributed by atoms with Crippen LogP contribution in [0.15, 0.2) is 0 Å². The second kappa shape index (κ2) is 5.72. The quantitative estimate of drug-likeness (QED) is 0.771. The van der Waals surface area contributed by atoms with Gasteiger partial charge in [-0.3, -0.25) is 9.59 Å². The molecular weight excluding hydrogens is 256 g/mol. The molecule has 0 unspecified atom stereocenters. The van der Waals surface area contributed by atoms with Crippen LogP contribution in [0.2, 0.25) is 0 Å². The summed E-state index contributed by atoms with van der Waals surface area (Å²) in [5.74, 6) is 1.49. The number of piperidine rings is 3. The standard InChI is InChI=1S/C15H24N2O3/c1-20-6-5-14(18)16-8-11-7-12(10-16)13-3-2-4-15(19)17(13)9-11/h11-13H,2-10H2,1H3/t11-,12-,13-/m1/s1. The van der Waals surface area contributed by atoms with E-state index in [4.69, 9.17) is 4.74 Å². The molecule has 2 amide bonds. The number of likely N-dealkylation sites (tertiary alicyclic amines) is 1. The Bertz CT molecular complexity index is 399. The average molecular weight is 280 g/mol. The van der Waals surface area contributed by atoms with E-state index in [1.165, 1.54) is 6.42 Å². The Hall–Kier alpha value is -1.10. The number of rotatable bonds is 3. The fourth-order valence-corrected chi connectivity index (χ4v) is 4.16. The predicted octanol–water partition coefficient (Wildman–Crippen LogP) is 0.882. The van der Waals surface area contributed by atoms with Crippen molar-refractivity contribution in [2.45, 2.75) is 38.1 Å². The lowest BCUT2D eigenvalue weighted by Gasteiger charge is -2.52. The third kappa shape index (κ3) is 2.55. The number of carbonyl (C=O) groups is 2. The van der Waals surface area contributed by atoms with Crippen molar-refractivity contribution in [1.29, 1.82) is 0 Å². The smallest absolute Gasteiger partial charge is 0.224 e. The van der Waals surface area contributed by atoms with Crippen molar-refractivity contribution < 1.29 is 14.3 Å². The minimum atomic E-state index is 0.206. The highest BCUT2D eigenvalue weighted by molar-refractivity contribution is 5.78. The molecule has 3 fully saturated rings. The first-order valence-corrected chi connectivity index (χ1v) is 7.75. The Morgan fingerprint density at radius 3 is 3.00 bits per heavy atom. The van der Waals surface area contributed by atoms with Crippen molar-refractivity contribution in [3.05, 3.63) is 0 Å². The highest BCUT2D eigenvalue weighted by Gasteiger charge is 2.44. The Morgan fingerprint density at radius 2 is 2.20 bits per heavy atom. The molecule has 0 N–H and O–H groups in total. The van der Waals surface area contributed by atoms with E-state index in [1.54, 1.807) is 7.11 Å². The summed E-state index contributed by atoms with van der Waals surface area (Å²) in [4.78, 5) is 28.3. The van der Waals surface area contributed by atoms with Gasteiger partial charge in [0.2, 0.25) is 11.8 Å². The molecule has 3 saturated heterocycles. The van der Waals surface area contributed by atoms with Gasteiger partial charge in [-0.05, 0) is 31.1 Å². The molecule has 0 aromatic heterocycles. The van der Waals surface area contributed by atoms with E-state index in [0.29, 0.717) is 43.2 Å². The molecular formula is C15H24N2O3. The van der Waals surface area contributed by atoms with Crippen LogP contribution in [-0.4, -0.2) is 61.0 Å². The lowest BCUT2D eigenvalue weighted by Crippen LogP contribution is -2.61. The summed E-state index contributed by atoms with van der Waals surface area (Å²) in [6.07, 6.45) is 4.50. The first-order chi connectivity index (χ1) is 9.69. The van der Waals surface area contributed by atoms with Gasteiger partial charge in [0.1, 0.15) is 0 Å². The number of hydrogen-bond donors (Lipinski definition) is 0. The summed E-state index contributed by atoms with van der Waals surface area (Å²) in [6, 6.07) is 0.380. The van der Waals surface area contributed by atoms with E-state index >= 15 is 0 Å². The molecule has 112 valence electrons. The van der Waals surface area contributed by atoms with Gasteiger partial charge in [-0.1, -0.05) is 0 Å². The lowest BCUT2D eigenvalue weighted by molar-refractivity contribution is -0.149. The predicted molar refractivity (Wildman–Crippen MR) is 74.0 cm³/mol. The first-order valence-electron chi connectivity index (χ1n) is 7.75. The molecule has 0 spiro atoms. The molecule has 3 heterocycles. The summed E-state index contributed by atoms with van der Waals surface area (Å²) >= 11 is 0. The summed E-state index contributed by atoms with van der Waals surface area (Å²) in [5, 5.41) is 0. The van der Waals surface area contributed by atoms with E-state index in [-0.39, 0.29) is 5.91 Å². The first kappa shape index (κ1) is 13.9. The molecule has 0 aromatic rings. The number of ether oxygens (including phenoxy) is 1. The SMILES string of the molecule is COCCC(=O)N1C[C@H]2C[C@H](C1)[C@H]1CCCC(=O)N1C2. The summed E-state index contributed by atoms with van der Waals surface area (Å²) in [6.45, 7) is 3.00. The zero-order valence-electron chi connectivity index (χ0n) is 12.2. The zero-order valence-corrected chi connectivity index (χ0v) is 12.2. The normalized spacial score (nSPS) is 33.0. The number of carbonyl (C=O) groups excluding carboxylic acids is 2. The molecule has 0 saturated carbocycles. The van der Waals surface area contributed by atoms with Gasteiger partial charge in [-0.25, -0.2) is 0 Å². The Kier molecular flexibility index (Phi) is 3.96. The van der Waals surface area contributed by atoms with E-state index in [9.17, 15) is 9.59 Å². The summed E-state index contributed by atoms with van der Waals surface area (Å²) in [7, 11) is 1.63. The third-order valence-corrected chi connectivity index (χ3v) is 5.05. The van der Waals surface area contributed by atoms with Crippen LogP contribution >= 0.6 is 0 Å². The van der Waals surface area contributed by atoms with Crippen LogP contribution < -0.4 is 0 Å². The van der Waals surface area contributed by atoms with Crippen molar-refractivity contribution >= 4 is 11.8 Å². The number of fused-ring (bicyclic) bond motifs is 4. The molecule has 3 rings (SSSR count). The van der Waals surface area contributed by atoms with Crippen LogP contribution in [0.5, 0.6) is 0 Å². The Morgan fingerprint density at radius 1 is 1.35 bits per heavy atom. The molecule has 3 aliphatic heterocycles. The van der Waals surface area contributed by atoms with Crippen molar-refractivity contribution in [2.24, 2.45) is 11.8 Å². The lowest BCUT2D eigenvalue weighted by atomic mass is 9.76. The monoisotopic (exact) mass is 280 g/mol. The van der Waals surface area contributed by atoms with Crippen LogP contribution in [-0.2, 0) is 14.3 Å². The molecule has 3 aliphatic rings. The van der Waals surface area contributed by atoms with Crippen LogP contribution in [0, 0.1) is 11.8 Å². The van der Waals surface area contributed by atoms with Crippen molar-refractivity contribution in [1.82, 2.24) is 9.80 Å². The maximum atomic E-state index is 12.2. The minimum Gasteiger partial charge on any atom is -0.384 e. The topological polar surface area (TPSA) is 49.9 Å².